The predicted molar refractivity (Wildman–Crippen MR) is 123 cm³/mol. The van der Waals surface area contributed by atoms with Gasteiger partial charge in [0.2, 0.25) is 11.6 Å². The number of nitrogens with zero attached hydrogens (tertiary/aromatic N) is 2. The SMILES string of the molecule is CC(C)(COC(=O)/C=C/C(=O)OCC(C)(C)C(=O)C(=O)N1CCOCC1)C(=O)C(=O)N1CCOCC1. The van der Waals surface area contributed by atoms with E-state index in [4.69, 9.17) is 18.9 Å². The molecule has 0 saturated carbocycles. The van der Waals surface area contributed by atoms with E-state index in [2.05, 4.69) is 0 Å². The summed E-state index contributed by atoms with van der Waals surface area (Å²) in [5, 5.41) is 0. The highest BCUT2D eigenvalue weighted by molar-refractivity contribution is 6.38. The molecule has 0 N–H and O–H groups in total. The number of rotatable bonds is 10. The van der Waals surface area contributed by atoms with Gasteiger partial charge in [-0.1, -0.05) is 0 Å². The van der Waals surface area contributed by atoms with E-state index in [1.54, 1.807) is 0 Å². The standard InChI is InChI=1S/C24H34N2O10/c1-23(2,19(29)21(31)25-7-11-33-12-8-25)15-35-17(27)5-6-18(28)36-16-24(3,4)20(30)22(32)26-9-13-34-14-10-26/h5-6H,7-16H2,1-4H3/b6-5+. The van der Waals surface area contributed by atoms with Crippen molar-refractivity contribution in [1.29, 1.82) is 0 Å². The maximum Gasteiger partial charge on any atom is 0.331 e. The first-order valence-corrected chi connectivity index (χ1v) is 11.7. The Labute approximate surface area is 209 Å². The Morgan fingerprint density at radius 1 is 0.639 bits per heavy atom. The maximum absolute atomic E-state index is 12.5. The highest BCUT2D eigenvalue weighted by Crippen LogP contribution is 2.20. The van der Waals surface area contributed by atoms with Gasteiger partial charge < -0.3 is 28.7 Å². The Kier molecular flexibility index (Phi) is 10.3. The van der Waals surface area contributed by atoms with Crippen LogP contribution in [-0.2, 0) is 47.7 Å². The van der Waals surface area contributed by atoms with Gasteiger partial charge in [-0.25, -0.2) is 9.59 Å². The van der Waals surface area contributed by atoms with Crippen LogP contribution in [0.4, 0.5) is 0 Å². The Hall–Kier alpha value is -3.12. The molecule has 0 unspecified atom stereocenters. The lowest BCUT2D eigenvalue weighted by Gasteiger charge is -2.29. The number of morpholine rings is 2. The van der Waals surface area contributed by atoms with Gasteiger partial charge in [-0.3, -0.25) is 19.2 Å². The molecular formula is C24H34N2O10. The normalized spacial score (nSPS) is 17.0. The second-order valence-electron chi connectivity index (χ2n) is 9.78. The minimum atomic E-state index is -1.27. The van der Waals surface area contributed by atoms with Crippen LogP contribution < -0.4 is 0 Å². The second kappa shape index (κ2) is 12.7. The molecule has 0 aliphatic carbocycles. The number of hydrogen-bond acceptors (Lipinski definition) is 10. The highest BCUT2D eigenvalue weighted by Gasteiger charge is 2.38. The fraction of sp³-hybridized carbons (Fsp3) is 0.667. The van der Waals surface area contributed by atoms with Crippen LogP contribution in [0.5, 0.6) is 0 Å². The van der Waals surface area contributed by atoms with Crippen molar-refractivity contribution in [2.45, 2.75) is 27.7 Å². The average Bonchev–Trinajstić information content (AvgIpc) is 2.88. The number of esters is 2. The van der Waals surface area contributed by atoms with Crippen molar-refractivity contribution in [2.24, 2.45) is 10.8 Å². The molecule has 200 valence electrons. The summed E-state index contributed by atoms with van der Waals surface area (Å²) >= 11 is 0. The smallest absolute Gasteiger partial charge is 0.331 e. The molecule has 0 spiro atoms. The van der Waals surface area contributed by atoms with Gasteiger partial charge in [-0.15, -0.1) is 0 Å². The third kappa shape index (κ3) is 8.23. The first kappa shape index (κ1) is 29.1. The van der Waals surface area contributed by atoms with Gasteiger partial charge in [-0.2, -0.15) is 0 Å². The topological polar surface area (TPSA) is 146 Å². The number of Topliss-reactive ketones (excluding diaryl/α,β-unsaturated/α-hetero) is 2. The van der Waals surface area contributed by atoms with Gasteiger partial charge in [0.05, 0.1) is 37.3 Å². The lowest BCUT2D eigenvalue weighted by Crippen LogP contribution is -2.48. The van der Waals surface area contributed by atoms with Gasteiger partial charge in [0.25, 0.3) is 11.8 Å². The zero-order valence-corrected chi connectivity index (χ0v) is 21.2. The molecule has 2 fully saturated rings. The Bertz CT molecular complexity index is 825. The van der Waals surface area contributed by atoms with E-state index in [1.807, 2.05) is 0 Å². The van der Waals surface area contributed by atoms with E-state index in [0.29, 0.717) is 52.6 Å². The quantitative estimate of drug-likeness (QED) is 0.215. The molecule has 2 aliphatic rings. The van der Waals surface area contributed by atoms with Crippen LogP contribution >= 0.6 is 0 Å². The Balaban J connectivity index is 1.79. The lowest BCUT2D eigenvalue weighted by atomic mass is 9.88. The molecule has 2 aliphatic heterocycles. The van der Waals surface area contributed by atoms with E-state index in [9.17, 15) is 28.8 Å². The molecule has 2 saturated heterocycles. The van der Waals surface area contributed by atoms with Crippen LogP contribution in [0.2, 0.25) is 0 Å². The molecule has 12 heteroatoms. The van der Waals surface area contributed by atoms with Crippen molar-refractivity contribution in [2.75, 3.05) is 65.8 Å². The van der Waals surface area contributed by atoms with E-state index >= 15 is 0 Å². The molecule has 0 aromatic heterocycles. The summed E-state index contributed by atoms with van der Waals surface area (Å²) in [6.07, 6.45) is 1.64. The van der Waals surface area contributed by atoms with Gasteiger partial charge in [0.1, 0.15) is 13.2 Å². The molecule has 0 atom stereocenters. The van der Waals surface area contributed by atoms with E-state index < -0.39 is 46.1 Å². The van der Waals surface area contributed by atoms with Crippen molar-refractivity contribution in [3.63, 3.8) is 0 Å². The maximum atomic E-state index is 12.5. The summed E-state index contributed by atoms with van der Waals surface area (Å²) in [4.78, 5) is 76.7. The van der Waals surface area contributed by atoms with Crippen LogP contribution in [0.1, 0.15) is 27.7 Å². The van der Waals surface area contributed by atoms with Crippen LogP contribution in [0.3, 0.4) is 0 Å². The van der Waals surface area contributed by atoms with Crippen molar-refractivity contribution in [3.05, 3.63) is 12.2 Å². The molecule has 2 heterocycles. The lowest BCUT2D eigenvalue weighted by molar-refractivity contribution is -0.156. The van der Waals surface area contributed by atoms with E-state index in [0.717, 1.165) is 12.2 Å². The zero-order chi connectivity index (χ0) is 26.9. The van der Waals surface area contributed by atoms with Crippen LogP contribution in [0.15, 0.2) is 12.2 Å². The zero-order valence-electron chi connectivity index (χ0n) is 21.2. The van der Waals surface area contributed by atoms with Gasteiger partial charge in [0, 0.05) is 38.3 Å². The van der Waals surface area contributed by atoms with Crippen LogP contribution in [0, 0.1) is 10.8 Å². The summed E-state index contributed by atoms with van der Waals surface area (Å²) in [6.45, 7) is 7.86. The molecule has 36 heavy (non-hydrogen) atoms. The number of amides is 2. The summed E-state index contributed by atoms with van der Waals surface area (Å²) in [6, 6.07) is 0. The molecular weight excluding hydrogens is 476 g/mol. The summed E-state index contributed by atoms with van der Waals surface area (Å²) in [5.41, 5.74) is -2.53. The minimum Gasteiger partial charge on any atom is -0.461 e. The molecule has 12 nitrogen and oxygen atoms in total. The van der Waals surface area contributed by atoms with Gasteiger partial charge >= 0.3 is 11.9 Å². The molecule has 2 rings (SSSR count). The predicted octanol–water partition coefficient (Wildman–Crippen LogP) is -0.463. The van der Waals surface area contributed by atoms with Crippen molar-refractivity contribution < 1.29 is 47.7 Å². The number of carbonyl (C=O) groups excluding carboxylic acids is 6. The van der Waals surface area contributed by atoms with Crippen LogP contribution in [0.25, 0.3) is 0 Å². The number of ketones is 2. The third-order valence-corrected chi connectivity index (χ3v) is 5.72. The van der Waals surface area contributed by atoms with Crippen molar-refractivity contribution in [3.8, 4) is 0 Å². The first-order valence-electron chi connectivity index (χ1n) is 11.7. The number of ether oxygens (including phenoxy) is 4. The monoisotopic (exact) mass is 510 g/mol. The van der Waals surface area contributed by atoms with E-state index in [1.165, 1.54) is 37.5 Å². The summed E-state index contributed by atoms with van der Waals surface area (Å²) in [7, 11) is 0. The van der Waals surface area contributed by atoms with Gasteiger partial charge in [-0.05, 0) is 27.7 Å². The van der Waals surface area contributed by atoms with Crippen LogP contribution in [-0.4, -0.2) is 111 Å². The Morgan fingerprint density at radius 2 is 0.944 bits per heavy atom. The molecule has 2 amide bonds. The van der Waals surface area contributed by atoms with E-state index in [-0.39, 0.29) is 13.2 Å². The first-order chi connectivity index (χ1) is 16.8. The summed E-state index contributed by atoms with van der Waals surface area (Å²) < 4.78 is 20.4. The fourth-order valence-corrected chi connectivity index (χ4v) is 3.27. The second-order valence-corrected chi connectivity index (χ2v) is 9.78. The van der Waals surface area contributed by atoms with Gasteiger partial charge in [0.15, 0.2) is 0 Å². The van der Waals surface area contributed by atoms with Crippen molar-refractivity contribution in [1.82, 2.24) is 9.80 Å². The fourth-order valence-electron chi connectivity index (χ4n) is 3.27. The number of carbonyl (C=O) groups is 6. The molecule has 0 radical (unpaired) electrons. The highest BCUT2D eigenvalue weighted by atomic mass is 16.5. The molecule has 0 aromatic rings. The Morgan fingerprint density at radius 3 is 1.25 bits per heavy atom. The van der Waals surface area contributed by atoms with Crippen molar-refractivity contribution >= 4 is 35.3 Å². The number of hydrogen-bond donors (Lipinski definition) is 0. The molecule has 0 aromatic carbocycles. The third-order valence-electron chi connectivity index (χ3n) is 5.72. The minimum absolute atomic E-state index is 0.315. The molecule has 0 bridgehead atoms. The summed E-state index contributed by atoms with van der Waals surface area (Å²) in [5.74, 6) is -4.54. The average molecular weight is 511 g/mol. The largest absolute Gasteiger partial charge is 0.461 e.